The molecule has 0 amide bonds. The molecule has 0 aliphatic carbocycles. The SMILES string of the molecule is CCN(CC)C(CNc1ccc(C#N)cc1[N+](=O)[O-])c1ccsc1. The van der Waals surface area contributed by atoms with Gasteiger partial charge in [0.1, 0.15) is 5.69 Å². The topological polar surface area (TPSA) is 82.2 Å². The van der Waals surface area contributed by atoms with Crippen molar-refractivity contribution in [3.05, 3.63) is 56.3 Å². The zero-order chi connectivity index (χ0) is 17.5. The Hall–Kier alpha value is -2.43. The van der Waals surface area contributed by atoms with E-state index in [4.69, 9.17) is 5.26 Å². The van der Waals surface area contributed by atoms with E-state index in [9.17, 15) is 10.1 Å². The largest absolute Gasteiger partial charge is 0.378 e. The summed E-state index contributed by atoms with van der Waals surface area (Å²) in [5, 5.41) is 27.5. The van der Waals surface area contributed by atoms with Gasteiger partial charge in [0.05, 0.1) is 22.6 Å². The zero-order valence-electron chi connectivity index (χ0n) is 13.7. The van der Waals surface area contributed by atoms with Crippen LogP contribution in [0.5, 0.6) is 0 Å². The molecule has 0 spiro atoms. The Bertz CT molecular complexity index is 721. The van der Waals surface area contributed by atoms with Crippen LogP contribution in [-0.2, 0) is 0 Å². The van der Waals surface area contributed by atoms with E-state index < -0.39 is 4.92 Å². The van der Waals surface area contributed by atoms with Crippen molar-refractivity contribution in [3.8, 4) is 6.07 Å². The number of nitrogens with zero attached hydrogens (tertiary/aromatic N) is 3. The van der Waals surface area contributed by atoms with Crippen LogP contribution < -0.4 is 5.32 Å². The number of nitro benzene ring substituents is 1. The predicted octanol–water partition coefficient (Wildman–Crippen LogP) is 4.02. The summed E-state index contributed by atoms with van der Waals surface area (Å²) >= 11 is 1.64. The lowest BCUT2D eigenvalue weighted by Crippen LogP contribution is -2.33. The van der Waals surface area contributed by atoms with Crippen molar-refractivity contribution < 1.29 is 4.92 Å². The normalized spacial score (nSPS) is 11.9. The summed E-state index contributed by atoms with van der Waals surface area (Å²) in [7, 11) is 0. The van der Waals surface area contributed by atoms with Crippen LogP contribution in [0.4, 0.5) is 11.4 Å². The van der Waals surface area contributed by atoms with Crippen LogP contribution in [0.1, 0.15) is 31.0 Å². The first kappa shape index (κ1) is 17.9. The molecule has 0 radical (unpaired) electrons. The van der Waals surface area contributed by atoms with E-state index in [1.807, 2.05) is 11.4 Å². The number of anilines is 1. The molecule has 0 fully saturated rings. The molecule has 1 N–H and O–H groups in total. The van der Waals surface area contributed by atoms with Crippen molar-refractivity contribution in [2.45, 2.75) is 19.9 Å². The molecule has 0 saturated heterocycles. The third-order valence-corrected chi connectivity index (χ3v) is 4.69. The lowest BCUT2D eigenvalue weighted by atomic mass is 10.1. The van der Waals surface area contributed by atoms with Gasteiger partial charge in [-0.3, -0.25) is 15.0 Å². The molecule has 2 rings (SSSR count). The monoisotopic (exact) mass is 344 g/mol. The fourth-order valence-electron chi connectivity index (χ4n) is 2.70. The van der Waals surface area contributed by atoms with Crippen molar-refractivity contribution >= 4 is 22.7 Å². The quantitative estimate of drug-likeness (QED) is 0.577. The molecule has 1 atom stereocenters. The molecular weight excluding hydrogens is 324 g/mol. The van der Waals surface area contributed by atoms with Crippen molar-refractivity contribution in [1.29, 1.82) is 5.26 Å². The molecule has 0 aliphatic rings. The maximum Gasteiger partial charge on any atom is 0.293 e. The number of nitro groups is 1. The standard InChI is InChI=1S/C17H20N4O2S/c1-3-20(4-2)17(14-7-8-24-12-14)11-19-15-6-5-13(10-18)9-16(15)21(22)23/h5-9,12,17,19H,3-4,11H2,1-2H3. The molecule has 24 heavy (non-hydrogen) atoms. The van der Waals surface area contributed by atoms with E-state index >= 15 is 0 Å². The Kier molecular flexibility index (Phi) is 6.29. The Morgan fingerprint density at radius 3 is 2.67 bits per heavy atom. The minimum absolute atomic E-state index is 0.0716. The van der Waals surface area contributed by atoms with Gasteiger partial charge in [-0.15, -0.1) is 0 Å². The van der Waals surface area contributed by atoms with Gasteiger partial charge >= 0.3 is 0 Å². The first-order valence-electron chi connectivity index (χ1n) is 7.79. The molecule has 126 valence electrons. The summed E-state index contributed by atoms with van der Waals surface area (Å²) in [4.78, 5) is 13.1. The van der Waals surface area contributed by atoms with Crippen LogP contribution in [0.2, 0.25) is 0 Å². The summed E-state index contributed by atoms with van der Waals surface area (Å²) in [5.41, 5.74) is 1.85. The number of benzene rings is 1. The molecule has 1 aromatic carbocycles. The number of nitriles is 1. The van der Waals surface area contributed by atoms with Crippen molar-refractivity contribution in [2.24, 2.45) is 0 Å². The van der Waals surface area contributed by atoms with E-state index in [1.54, 1.807) is 23.5 Å². The van der Waals surface area contributed by atoms with Gasteiger partial charge in [-0.1, -0.05) is 13.8 Å². The zero-order valence-corrected chi connectivity index (χ0v) is 14.5. The van der Waals surface area contributed by atoms with Crippen molar-refractivity contribution in [1.82, 2.24) is 4.90 Å². The number of hydrogen-bond donors (Lipinski definition) is 1. The van der Waals surface area contributed by atoms with Crippen LogP contribution in [0.3, 0.4) is 0 Å². The third kappa shape index (κ3) is 4.10. The minimum Gasteiger partial charge on any atom is -0.378 e. The second-order valence-corrected chi connectivity index (χ2v) is 6.06. The number of thiophene rings is 1. The highest BCUT2D eigenvalue weighted by atomic mass is 32.1. The molecule has 0 aliphatic heterocycles. The van der Waals surface area contributed by atoms with E-state index in [1.165, 1.54) is 11.6 Å². The lowest BCUT2D eigenvalue weighted by molar-refractivity contribution is -0.384. The van der Waals surface area contributed by atoms with E-state index in [0.717, 1.165) is 13.1 Å². The fraction of sp³-hybridized carbons (Fsp3) is 0.353. The Labute approximate surface area is 145 Å². The predicted molar refractivity (Wildman–Crippen MR) is 96.3 cm³/mol. The lowest BCUT2D eigenvalue weighted by Gasteiger charge is -2.29. The number of nitrogens with one attached hydrogen (secondary N) is 1. The fourth-order valence-corrected chi connectivity index (χ4v) is 3.40. The molecular formula is C17H20N4O2S. The maximum absolute atomic E-state index is 11.3. The summed E-state index contributed by atoms with van der Waals surface area (Å²) in [6, 6.07) is 8.66. The highest BCUT2D eigenvalue weighted by Gasteiger charge is 2.21. The Balaban J connectivity index is 2.23. The summed E-state index contributed by atoms with van der Waals surface area (Å²) in [5.74, 6) is 0. The highest BCUT2D eigenvalue weighted by molar-refractivity contribution is 7.07. The van der Waals surface area contributed by atoms with Gasteiger partial charge in [0.25, 0.3) is 5.69 Å². The van der Waals surface area contributed by atoms with Gasteiger partial charge in [-0.05, 0) is 47.6 Å². The first-order valence-corrected chi connectivity index (χ1v) is 8.73. The summed E-state index contributed by atoms with van der Waals surface area (Å²) in [6.45, 7) is 6.56. The highest BCUT2D eigenvalue weighted by Crippen LogP contribution is 2.28. The van der Waals surface area contributed by atoms with Gasteiger partial charge < -0.3 is 5.32 Å². The van der Waals surface area contributed by atoms with E-state index in [2.05, 4.69) is 35.5 Å². The number of likely N-dealkylation sites (N-methyl/N-ethyl adjacent to an activating group) is 1. The number of hydrogen-bond acceptors (Lipinski definition) is 6. The van der Waals surface area contributed by atoms with Crippen LogP contribution in [0.15, 0.2) is 35.0 Å². The molecule has 0 bridgehead atoms. The molecule has 1 aromatic heterocycles. The van der Waals surface area contributed by atoms with Gasteiger partial charge in [0, 0.05) is 12.6 Å². The van der Waals surface area contributed by atoms with Gasteiger partial charge in [0.2, 0.25) is 0 Å². The Morgan fingerprint density at radius 2 is 2.12 bits per heavy atom. The van der Waals surface area contributed by atoms with Gasteiger partial charge in [-0.25, -0.2) is 0 Å². The number of rotatable bonds is 8. The maximum atomic E-state index is 11.3. The Morgan fingerprint density at radius 1 is 1.38 bits per heavy atom. The van der Waals surface area contributed by atoms with Crippen LogP contribution in [-0.4, -0.2) is 29.5 Å². The average molecular weight is 344 g/mol. The molecule has 1 unspecified atom stereocenters. The van der Waals surface area contributed by atoms with Crippen molar-refractivity contribution in [2.75, 3.05) is 25.0 Å². The smallest absolute Gasteiger partial charge is 0.293 e. The van der Waals surface area contributed by atoms with E-state index in [-0.39, 0.29) is 17.3 Å². The van der Waals surface area contributed by atoms with Gasteiger partial charge in [-0.2, -0.15) is 16.6 Å². The molecule has 0 saturated carbocycles. The first-order chi connectivity index (χ1) is 11.6. The van der Waals surface area contributed by atoms with Crippen LogP contribution >= 0.6 is 11.3 Å². The molecule has 6 nitrogen and oxygen atoms in total. The second-order valence-electron chi connectivity index (χ2n) is 5.28. The molecule has 1 heterocycles. The van der Waals surface area contributed by atoms with Gasteiger partial charge in [0.15, 0.2) is 0 Å². The molecule has 7 heteroatoms. The van der Waals surface area contributed by atoms with Crippen molar-refractivity contribution in [3.63, 3.8) is 0 Å². The summed E-state index contributed by atoms with van der Waals surface area (Å²) < 4.78 is 0. The van der Waals surface area contributed by atoms with Crippen LogP contribution in [0.25, 0.3) is 0 Å². The third-order valence-electron chi connectivity index (χ3n) is 3.99. The van der Waals surface area contributed by atoms with E-state index in [0.29, 0.717) is 12.2 Å². The van der Waals surface area contributed by atoms with Crippen LogP contribution in [0, 0.1) is 21.4 Å². The average Bonchev–Trinajstić information content (AvgIpc) is 3.12. The molecule has 2 aromatic rings. The minimum atomic E-state index is -0.458. The summed E-state index contributed by atoms with van der Waals surface area (Å²) in [6.07, 6.45) is 0. The second kappa shape index (κ2) is 8.43.